The molecule has 0 bridgehead atoms. The molecule has 1 unspecified atom stereocenters. The third kappa shape index (κ3) is 2.72. The van der Waals surface area contributed by atoms with Crippen LogP contribution >= 0.6 is 15.9 Å². The smallest absolute Gasteiger partial charge is 0.274 e. The van der Waals surface area contributed by atoms with Gasteiger partial charge >= 0.3 is 0 Å². The monoisotopic (exact) mass is 402 g/mol. The van der Waals surface area contributed by atoms with E-state index in [1.54, 1.807) is 33.9 Å². The van der Waals surface area contributed by atoms with Gasteiger partial charge in [0.05, 0.1) is 10.5 Å². The SMILES string of the molecule is CCC1c2cccc(F)c2CCN1C(=O)c1cc2ncc(Br)cn2n1. The predicted molar refractivity (Wildman–Crippen MR) is 94.9 cm³/mol. The predicted octanol–water partition coefficient (Wildman–Crippen LogP) is 3.78. The highest BCUT2D eigenvalue weighted by Crippen LogP contribution is 2.34. The highest BCUT2D eigenvalue weighted by atomic mass is 79.9. The number of nitrogens with zero attached hydrogens (tertiary/aromatic N) is 4. The fourth-order valence-electron chi connectivity index (χ4n) is 3.50. The topological polar surface area (TPSA) is 50.5 Å². The van der Waals surface area contributed by atoms with Crippen molar-refractivity contribution in [3.8, 4) is 0 Å². The summed E-state index contributed by atoms with van der Waals surface area (Å²) in [5.74, 6) is -0.340. The molecule has 0 saturated carbocycles. The summed E-state index contributed by atoms with van der Waals surface area (Å²) in [6.07, 6.45) is 4.66. The average Bonchev–Trinajstić information content (AvgIpc) is 3.03. The number of carbonyl (C=O) groups is 1. The molecule has 5 nitrogen and oxygen atoms in total. The van der Waals surface area contributed by atoms with E-state index in [-0.39, 0.29) is 17.8 Å². The van der Waals surface area contributed by atoms with Crippen molar-refractivity contribution in [1.82, 2.24) is 19.5 Å². The molecule has 7 heteroatoms. The normalized spacial score (nSPS) is 16.9. The Kier molecular flexibility index (Phi) is 4.03. The number of aromatic nitrogens is 3. The molecule has 1 aromatic carbocycles. The van der Waals surface area contributed by atoms with Gasteiger partial charge in [-0.05, 0) is 46.0 Å². The Morgan fingerprint density at radius 1 is 1.44 bits per heavy atom. The zero-order chi connectivity index (χ0) is 17.6. The molecule has 1 amide bonds. The number of hydrogen-bond donors (Lipinski definition) is 0. The van der Waals surface area contributed by atoms with Crippen LogP contribution in [0.15, 0.2) is 41.1 Å². The van der Waals surface area contributed by atoms with Gasteiger partial charge in [0.15, 0.2) is 11.3 Å². The summed E-state index contributed by atoms with van der Waals surface area (Å²) < 4.78 is 16.4. The molecule has 3 aromatic rings. The quantitative estimate of drug-likeness (QED) is 0.655. The average molecular weight is 403 g/mol. The summed E-state index contributed by atoms with van der Waals surface area (Å²) in [4.78, 5) is 19.1. The van der Waals surface area contributed by atoms with Crippen molar-refractivity contribution >= 4 is 27.5 Å². The number of hydrogen-bond acceptors (Lipinski definition) is 3. The van der Waals surface area contributed by atoms with Gasteiger partial charge in [-0.2, -0.15) is 5.10 Å². The van der Waals surface area contributed by atoms with Crippen LogP contribution in [0.1, 0.15) is 41.0 Å². The van der Waals surface area contributed by atoms with E-state index in [4.69, 9.17) is 0 Å². The summed E-state index contributed by atoms with van der Waals surface area (Å²) in [7, 11) is 0. The van der Waals surface area contributed by atoms with Crippen LogP contribution in [0, 0.1) is 5.82 Å². The second-order valence-electron chi connectivity index (χ2n) is 6.08. The first-order valence-corrected chi connectivity index (χ1v) is 8.97. The van der Waals surface area contributed by atoms with Gasteiger partial charge in [-0.25, -0.2) is 13.9 Å². The van der Waals surface area contributed by atoms with Crippen molar-refractivity contribution < 1.29 is 9.18 Å². The molecule has 0 spiro atoms. The van der Waals surface area contributed by atoms with Gasteiger partial charge in [0.2, 0.25) is 0 Å². The first-order valence-electron chi connectivity index (χ1n) is 8.17. The first kappa shape index (κ1) is 16.2. The zero-order valence-corrected chi connectivity index (χ0v) is 15.2. The molecule has 3 heterocycles. The molecule has 0 radical (unpaired) electrons. The lowest BCUT2D eigenvalue weighted by atomic mass is 9.90. The van der Waals surface area contributed by atoms with E-state index in [0.29, 0.717) is 24.3 Å². The number of amides is 1. The van der Waals surface area contributed by atoms with Crippen LogP contribution in [0.5, 0.6) is 0 Å². The minimum atomic E-state index is -0.190. The molecule has 0 fully saturated rings. The van der Waals surface area contributed by atoms with Crippen molar-refractivity contribution in [2.75, 3.05) is 6.54 Å². The molecule has 1 aliphatic heterocycles. The Morgan fingerprint density at radius 3 is 3.08 bits per heavy atom. The van der Waals surface area contributed by atoms with E-state index in [1.165, 1.54) is 6.07 Å². The molecule has 25 heavy (non-hydrogen) atoms. The van der Waals surface area contributed by atoms with E-state index < -0.39 is 0 Å². The van der Waals surface area contributed by atoms with Crippen LogP contribution in [-0.2, 0) is 6.42 Å². The minimum Gasteiger partial charge on any atom is -0.330 e. The number of rotatable bonds is 2. The zero-order valence-electron chi connectivity index (χ0n) is 13.6. The fourth-order valence-corrected chi connectivity index (χ4v) is 3.79. The molecule has 0 saturated heterocycles. The van der Waals surface area contributed by atoms with Gasteiger partial charge in [-0.1, -0.05) is 19.1 Å². The lowest BCUT2D eigenvalue weighted by Gasteiger charge is -2.36. The van der Waals surface area contributed by atoms with Crippen molar-refractivity contribution in [2.45, 2.75) is 25.8 Å². The van der Waals surface area contributed by atoms with E-state index in [0.717, 1.165) is 22.0 Å². The molecule has 0 N–H and O–H groups in total. The second-order valence-corrected chi connectivity index (χ2v) is 7.00. The van der Waals surface area contributed by atoms with Crippen LogP contribution in [-0.4, -0.2) is 31.9 Å². The van der Waals surface area contributed by atoms with Gasteiger partial charge in [0.1, 0.15) is 5.82 Å². The summed E-state index contributed by atoms with van der Waals surface area (Å²) >= 11 is 3.35. The summed E-state index contributed by atoms with van der Waals surface area (Å²) in [6.45, 7) is 2.49. The largest absolute Gasteiger partial charge is 0.330 e. The summed E-state index contributed by atoms with van der Waals surface area (Å²) in [6, 6.07) is 6.64. The molecule has 0 aliphatic carbocycles. The molecular weight excluding hydrogens is 387 g/mol. The Morgan fingerprint density at radius 2 is 2.28 bits per heavy atom. The van der Waals surface area contributed by atoms with E-state index in [1.807, 2.05) is 13.0 Å². The molecule has 1 atom stereocenters. The molecule has 128 valence electrons. The summed E-state index contributed by atoms with van der Waals surface area (Å²) in [5.41, 5.74) is 2.58. The lowest BCUT2D eigenvalue weighted by Crippen LogP contribution is -2.40. The molecule has 2 aromatic heterocycles. The third-order valence-electron chi connectivity index (χ3n) is 4.64. The highest BCUT2D eigenvalue weighted by molar-refractivity contribution is 9.10. The fraction of sp³-hybridized carbons (Fsp3) is 0.278. The summed E-state index contributed by atoms with van der Waals surface area (Å²) in [5, 5.41) is 4.35. The van der Waals surface area contributed by atoms with Gasteiger partial charge in [-0.15, -0.1) is 0 Å². The second kappa shape index (κ2) is 6.22. The standard InChI is InChI=1S/C18H16BrFN4O/c1-2-16-13-4-3-5-14(20)12(13)6-7-23(16)18(25)15-8-17-21-9-11(19)10-24(17)22-15/h3-5,8-10,16H,2,6-7H2,1H3. The van der Waals surface area contributed by atoms with Gasteiger partial charge in [-0.3, -0.25) is 4.79 Å². The number of benzene rings is 1. The number of halogens is 2. The Bertz CT molecular complexity index is 971. The van der Waals surface area contributed by atoms with Crippen molar-refractivity contribution in [1.29, 1.82) is 0 Å². The first-order chi connectivity index (χ1) is 12.1. The lowest BCUT2D eigenvalue weighted by molar-refractivity contribution is 0.0647. The van der Waals surface area contributed by atoms with E-state index >= 15 is 0 Å². The minimum absolute atomic E-state index is 0.142. The van der Waals surface area contributed by atoms with Crippen LogP contribution in [0.2, 0.25) is 0 Å². The molecular formula is C18H16BrFN4O. The third-order valence-corrected chi connectivity index (χ3v) is 5.05. The number of carbonyl (C=O) groups excluding carboxylic acids is 1. The number of fused-ring (bicyclic) bond motifs is 2. The van der Waals surface area contributed by atoms with Gasteiger partial charge in [0.25, 0.3) is 5.91 Å². The van der Waals surface area contributed by atoms with Crippen LogP contribution < -0.4 is 0 Å². The molecule has 1 aliphatic rings. The van der Waals surface area contributed by atoms with Gasteiger partial charge in [0, 0.05) is 25.0 Å². The van der Waals surface area contributed by atoms with E-state index in [9.17, 15) is 9.18 Å². The Balaban J connectivity index is 1.71. The van der Waals surface area contributed by atoms with Crippen LogP contribution in [0.3, 0.4) is 0 Å². The van der Waals surface area contributed by atoms with Crippen LogP contribution in [0.25, 0.3) is 5.65 Å². The van der Waals surface area contributed by atoms with E-state index in [2.05, 4.69) is 26.0 Å². The maximum atomic E-state index is 14.1. The molecule has 4 rings (SSSR count). The van der Waals surface area contributed by atoms with Crippen molar-refractivity contribution in [3.05, 3.63) is 63.8 Å². The van der Waals surface area contributed by atoms with Crippen LogP contribution in [0.4, 0.5) is 4.39 Å². The van der Waals surface area contributed by atoms with Crippen molar-refractivity contribution in [3.63, 3.8) is 0 Å². The van der Waals surface area contributed by atoms with Crippen molar-refractivity contribution in [2.24, 2.45) is 0 Å². The Hall–Kier alpha value is -2.28. The maximum Gasteiger partial charge on any atom is 0.274 e. The Labute approximate surface area is 152 Å². The maximum absolute atomic E-state index is 14.1. The van der Waals surface area contributed by atoms with Gasteiger partial charge < -0.3 is 4.90 Å². The highest BCUT2D eigenvalue weighted by Gasteiger charge is 2.32.